The number of esters is 2. The molecule has 2 aliphatic rings. The van der Waals surface area contributed by atoms with E-state index >= 15 is 0 Å². The van der Waals surface area contributed by atoms with Gasteiger partial charge < -0.3 is 14.8 Å². The summed E-state index contributed by atoms with van der Waals surface area (Å²) in [5.74, 6) is 0.404. The van der Waals surface area contributed by atoms with Crippen molar-refractivity contribution in [1.82, 2.24) is 5.32 Å². The zero-order chi connectivity index (χ0) is 22.5. The molecule has 0 bridgehead atoms. The average molecular weight is 447 g/mol. The molecule has 1 aromatic rings. The van der Waals surface area contributed by atoms with Gasteiger partial charge in [0.25, 0.3) is 0 Å². The third-order valence-electron chi connectivity index (χ3n) is 6.33. The molecule has 7 heteroatoms. The first-order chi connectivity index (χ1) is 15.0. The van der Waals surface area contributed by atoms with Crippen LogP contribution in [0.3, 0.4) is 0 Å². The summed E-state index contributed by atoms with van der Waals surface area (Å²) >= 11 is 1.63. The monoisotopic (exact) mass is 446 g/mol. The number of hydrogen-bond acceptors (Lipinski definition) is 7. The standard InChI is InChI=1S/C24H34N2O4S/c1-5-11-19-25-20(21(27)29-7-3)24(6-2,26-19)16-18-17(12-15-31-18)23(13-9-10-14-23)22(28)30-8-4/h9-10,12,15,20H,5-8,11,13-14,16H2,1-4H3,(H,25,26). The number of hydrogen-bond donors (Lipinski definition) is 1. The lowest BCUT2D eigenvalue weighted by atomic mass is 9.75. The molecular formula is C24H34N2O4S. The maximum Gasteiger partial charge on any atom is 0.333 e. The van der Waals surface area contributed by atoms with Gasteiger partial charge in [-0.15, -0.1) is 11.3 Å². The molecule has 0 saturated carbocycles. The molecule has 0 radical (unpaired) electrons. The quantitative estimate of drug-likeness (QED) is 0.428. The van der Waals surface area contributed by atoms with Crippen LogP contribution < -0.4 is 5.32 Å². The van der Waals surface area contributed by atoms with E-state index in [1.165, 1.54) is 0 Å². The number of rotatable bonds is 10. The molecule has 1 aliphatic heterocycles. The van der Waals surface area contributed by atoms with Crippen molar-refractivity contribution in [2.45, 2.75) is 83.2 Å². The zero-order valence-electron chi connectivity index (χ0n) is 19.0. The first-order valence-electron chi connectivity index (χ1n) is 11.4. The highest BCUT2D eigenvalue weighted by Crippen LogP contribution is 2.44. The Kier molecular flexibility index (Phi) is 7.57. The van der Waals surface area contributed by atoms with Gasteiger partial charge in [0.2, 0.25) is 0 Å². The van der Waals surface area contributed by atoms with Gasteiger partial charge in [-0.1, -0.05) is 26.0 Å². The molecule has 1 aromatic heterocycles. The van der Waals surface area contributed by atoms with E-state index in [1.807, 2.05) is 19.2 Å². The van der Waals surface area contributed by atoms with Crippen molar-refractivity contribution in [2.24, 2.45) is 4.99 Å². The predicted molar refractivity (Wildman–Crippen MR) is 124 cm³/mol. The van der Waals surface area contributed by atoms with Crippen LogP contribution in [0.25, 0.3) is 0 Å². The fourth-order valence-corrected chi connectivity index (χ4v) is 5.79. The van der Waals surface area contributed by atoms with Crippen molar-refractivity contribution in [1.29, 1.82) is 0 Å². The summed E-state index contributed by atoms with van der Waals surface area (Å²) in [5, 5.41) is 5.63. The molecule has 0 aromatic carbocycles. The minimum absolute atomic E-state index is 0.172. The fraction of sp³-hybridized carbons (Fsp3) is 0.625. The Bertz CT molecular complexity index is 852. The number of amidine groups is 1. The van der Waals surface area contributed by atoms with E-state index in [9.17, 15) is 9.59 Å². The van der Waals surface area contributed by atoms with E-state index in [4.69, 9.17) is 14.5 Å². The summed E-state index contributed by atoms with van der Waals surface area (Å²) in [5.41, 5.74) is -0.217. The summed E-state index contributed by atoms with van der Waals surface area (Å²) in [4.78, 5) is 31.7. The molecule has 0 saturated heterocycles. The Balaban J connectivity index is 1.96. The highest BCUT2D eigenvalue weighted by molar-refractivity contribution is 7.10. The van der Waals surface area contributed by atoms with Gasteiger partial charge in [0, 0.05) is 17.7 Å². The predicted octanol–water partition coefficient (Wildman–Crippen LogP) is 4.32. The number of nitrogens with zero attached hydrogens (tertiary/aromatic N) is 1. The van der Waals surface area contributed by atoms with Crippen molar-refractivity contribution < 1.29 is 19.1 Å². The summed E-state index contributed by atoms with van der Waals surface area (Å²) in [6.07, 6.45) is 8.47. The van der Waals surface area contributed by atoms with Crippen LogP contribution in [0.1, 0.15) is 70.2 Å². The van der Waals surface area contributed by atoms with Crippen LogP contribution in [0.4, 0.5) is 0 Å². The second-order valence-electron chi connectivity index (χ2n) is 8.23. The average Bonchev–Trinajstić information content (AvgIpc) is 3.48. The van der Waals surface area contributed by atoms with E-state index in [2.05, 4.69) is 37.4 Å². The smallest absolute Gasteiger partial charge is 0.333 e. The maximum absolute atomic E-state index is 13.0. The van der Waals surface area contributed by atoms with Gasteiger partial charge in [0.05, 0.1) is 24.6 Å². The molecule has 1 N–H and O–H groups in total. The molecule has 6 nitrogen and oxygen atoms in total. The molecule has 3 rings (SSSR count). The number of ether oxygens (including phenoxy) is 2. The molecule has 2 unspecified atom stereocenters. The van der Waals surface area contributed by atoms with Gasteiger partial charge in [-0.05, 0) is 56.5 Å². The number of allylic oxidation sites excluding steroid dienone is 2. The second-order valence-corrected chi connectivity index (χ2v) is 9.23. The Morgan fingerprint density at radius 1 is 1.16 bits per heavy atom. The van der Waals surface area contributed by atoms with Crippen LogP contribution in [0.5, 0.6) is 0 Å². The Morgan fingerprint density at radius 2 is 1.87 bits per heavy atom. The fourth-order valence-electron chi connectivity index (χ4n) is 4.69. The van der Waals surface area contributed by atoms with E-state index in [0.717, 1.165) is 35.5 Å². The third kappa shape index (κ3) is 4.43. The van der Waals surface area contributed by atoms with Gasteiger partial charge in [-0.2, -0.15) is 0 Å². The Labute approximate surface area is 189 Å². The number of aliphatic imine (C=N–C) groups is 1. The molecule has 0 fully saturated rings. The molecule has 2 heterocycles. The van der Waals surface area contributed by atoms with E-state index in [0.29, 0.717) is 32.5 Å². The second kappa shape index (κ2) is 9.98. The molecule has 2 atom stereocenters. The van der Waals surface area contributed by atoms with E-state index < -0.39 is 17.0 Å². The van der Waals surface area contributed by atoms with E-state index in [1.54, 1.807) is 11.3 Å². The van der Waals surface area contributed by atoms with Crippen molar-refractivity contribution in [3.05, 3.63) is 34.0 Å². The van der Waals surface area contributed by atoms with E-state index in [-0.39, 0.29) is 11.9 Å². The number of carbonyl (C=O) groups excluding carboxylic acids is 2. The van der Waals surface area contributed by atoms with Crippen LogP contribution in [0.2, 0.25) is 0 Å². The number of nitrogens with one attached hydrogen (secondary N) is 1. The minimum Gasteiger partial charge on any atom is -0.465 e. The molecule has 31 heavy (non-hydrogen) atoms. The summed E-state index contributed by atoms with van der Waals surface area (Å²) in [7, 11) is 0. The van der Waals surface area contributed by atoms with Gasteiger partial charge in [-0.25, -0.2) is 4.79 Å². The minimum atomic E-state index is -0.675. The molecule has 170 valence electrons. The lowest BCUT2D eigenvalue weighted by molar-refractivity contribution is -0.150. The summed E-state index contributed by atoms with van der Waals surface area (Å²) in [6.45, 7) is 8.53. The SMILES string of the molecule is CCCC1=NC(C(=O)OCC)C(CC)(Cc2sccc2C2(C(=O)OCC)CC=CC2)N1. The normalized spacial score (nSPS) is 24.0. The van der Waals surface area contributed by atoms with Crippen molar-refractivity contribution in [2.75, 3.05) is 13.2 Å². The van der Waals surface area contributed by atoms with Crippen molar-refractivity contribution in [3.8, 4) is 0 Å². The van der Waals surface area contributed by atoms with Crippen LogP contribution in [-0.2, 0) is 30.9 Å². The lowest BCUT2D eigenvalue weighted by Gasteiger charge is -2.35. The highest BCUT2D eigenvalue weighted by atomic mass is 32.1. The van der Waals surface area contributed by atoms with Crippen LogP contribution in [0, 0.1) is 0 Å². The number of carbonyl (C=O) groups is 2. The highest BCUT2D eigenvalue weighted by Gasteiger charge is 2.50. The summed E-state index contributed by atoms with van der Waals surface area (Å²) in [6, 6.07) is 1.46. The molecular weight excluding hydrogens is 412 g/mol. The first kappa shape index (κ1) is 23.5. The van der Waals surface area contributed by atoms with Gasteiger partial charge in [0.1, 0.15) is 5.41 Å². The van der Waals surface area contributed by atoms with Crippen LogP contribution in [0.15, 0.2) is 28.6 Å². The zero-order valence-corrected chi connectivity index (χ0v) is 19.8. The first-order valence-corrected chi connectivity index (χ1v) is 12.2. The molecule has 0 amide bonds. The molecule has 0 spiro atoms. The lowest BCUT2D eigenvalue weighted by Crippen LogP contribution is -2.55. The van der Waals surface area contributed by atoms with Gasteiger partial charge in [-0.3, -0.25) is 9.79 Å². The molecule has 1 aliphatic carbocycles. The largest absolute Gasteiger partial charge is 0.465 e. The maximum atomic E-state index is 13.0. The van der Waals surface area contributed by atoms with Crippen LogP contribution in [-0.4, -0.2) is 42.6 Å². The number of thiophene rings is 1. The summed E-state index contributed by atoms with van der Waals surface area (Å²) < 4.78 is 10.9. The van der Waals surface area contributed by atoms with Crippen LogP contribution >= 0.6 is 11.3 Å². The van der Waals surface area contributed by atoms with Gasteiger partial charge >= 0.3 is 11.9 Å². The van der Waals surface area contributed by atoms with Crippen molar-refractivity contribution >= 4 is 29.1 Å². The Morgan fingerprint density at radius 3 is 2.48 bits per heavy atom. The van der Waals surface area contributed by atoms with Crippen molar-refractivity contribution in [3.63, 3.8) is 0 Å². The topological polar surface area (TPSA) is 77.0 Å². The Hall–Kier alpha value is -2.15. The van der Waals surface area contributed by atoms with Gasteiger partial charge in [0.15, 0.2) is 6.04 Å². The third-order valence-corrected chi connectivity index (χ3v) is 7.25.